The third kappa shape index (κ3) is 7.82. The highest BCUT2D eigenvalue weighted by Gasteiger charge is 2.12. The van der Waals surface area contributed by atoms with E-state index in [1.807, 2.05) is 24.3 Å². The summed E-state index contributed by atoms with van der Waals surface area (Å²) >= 11 is 1.61. The number of ether oxygens (including phenoxy) is 2. The molecular weight excluding hydrogens is 568 g/mol. The van der Waals surface area contributed by atoms with Crippen molar-refractivity contribution in [1.29, 1.82) is 5.26 Å². The number of hydrogen-bond acceptors (Lipinski definition) is 6. The topological polar surface area (TPSA) is 76.4 Å². The molecule has 0 N–H and O–H groups in total. The monoisotopic (exact) mass is 597 g/mol. The normalized spacial score (nSPS) is 11.0. The highest BCUT2D eigenvalue weighted by Crippen LogP contribution is 2.36. The van der Waals surface area contributed by atoms with Gasteiger partial charge in [-0.05, 0) is 73.0 Å². The van der Waals surface area contributed by atoms with Crippen molar-refractivity contribution in [3.05, 3.63) is 96.1 Å². The van der Waals surface area contributed by atoms with Crippen LogP contribution in [0.5, 0.6) is 11.5 Å². The number of carbonyl (C=O) groups is 2. The van der Waals surface area contributed by atoms with Gasteiger partial charge in [0.2, 0.25) is 0 Å². The first kappa shape index (κ1) is 29.9. The molecule has 0 saturated heterocycles. The van der Waals surface area contributed by atoms with E-state index in [4.69, 9.17) is 14.7 Å². The lowest BCUT2D eigenvalue weighted by Crippen LogP contribution is -2.08. The fraction of sp³-hybridized carbons (Fsp3) is 0.229. The quantitative estimate of drug-likeness (QED) is 0.0813. The molecule has 8 heteroatoms. The Morgan fingerprint density at radius 2 is 1.30 bits per heavy atom. The van der Waals surface area contributed by atoms with Gasteiger partial charge in [0.05, 0.1) is 11.6 Å². The van der Waals surface area contributed by atoms with Gasteiger partial charge in [-0.15, -0.1) is 11.3 Å². The van der Waals surface area contributed by atoms with Gasteiger partial charge >= 0.3 is 11.9 Å². The maximum absolute atomic E-state index is 14.5. The minimum absolute atomic E-state index is 0.137. The van der Waals surface area contributed by atoms with Crippen molar-refractivity contribution < 1.29 is 27.8 Å². The predicted molar refractivity (Wildman–Crippen MR) is 164 cm³/mol. The van der Waals surface area contributed by atoms with Gasteiger partial charge in [-0.25, -0.2) is 8.78 Å². The summed E-state index contributed by atoms with van der Waals surface area (Å²) in [5.41, 5.74) is 1.46. The summed E-state index contributed by atoms with van der Waals surface area (Å²) in [6.45, 7) is 0. The first-order chi connectivity index (χ1) is 20.9. The average molecular weight is 598 g/mol. The van der Waals surface area contributed by atoms with E-state index in [1.54, 1.807) is 23.5 Å². The second-order valence-corrected chi connectivity index (χ2v) is 11.4. The summed E-state index contributed by atoms with van der Waals surface area (Å²) in [5, 5.41) is 11.2. The van der Waals surface area contributed by atoms with E-state index in [-0.39, 0.29) is 18.1 Å². The fourth-order valence-electron chi connectivity index (χ4n) is 4.92. The average Bonchev–Trinajstić information content (AvgIpc) is 3.36. The Morgan fingerprint density at radius 1 is 0.674 bits per heavy atom. The summed E-state index contributed by atoms with van der Waals surface area (Å²) in [6.07, 6.45) is 5.55. The van der Waals surface area contributed by atoms with Gasteiger partial charge in [0, 0.05) is 44.6 Å². The van der Waals surface area contributed by atoms with Crippen LogP contribution < -0.4 is 9.47 Å². The van der Waals surface area contributed by atoms with Gasteiger partial charge < -0.3 is 9.47 Å². The second-order valence-electron chi connectivity index (χ2n) is 10.3. The largest absolute Gasteiger partial charge is 0.427 e. The number of unbranched alkanes of at least 4 members (excludes halogenated alkanes) is 5. The Hall–Kier alpha value is -4.61. The molecule has 1 heterocycles. The highest BCUT2D eigenvalue weighted by molar-refractivity contribution is 7.25. The lowest BCUT2D eigenvalue weighted by atomic mass is 10.1. The minimum atomic E-state index is -0.547. The van der Waals surface area contributed by atoms with Crippen LogP contribution in [-0.4, -0.2) is 11.9 Å². The van der Waals surface area contributed by atoms with Gasteiger partial charge in [-0.1, -0.05) is 43.9 Å². The lowest BCUT2D eigenvalue weighted by Gasteiger charge is -2.08. The molecule has 0 amide bonds. The van der Waals surface area contributed by atoms with E-state index in [2.05, 4.69) is 6.07 Å². The maximum atomic E-state index is 14.5. The number of benzene rings is 4. The number of halogens is 2. The number of rotatable bonds is 12. The molecule has 5 nitrogen and oxygen atoms in total. The van der Waals surface area contributed by atoms with Crippen LogP contribution in [0.15, 0.2) is 78.9 Å². The Labute approximate surface area is 252 Å². The second kappa shape index (κ2) is 14.0. The first-order valence-corrected chi connectivity index (χ1v) is 15.0. The molecule has 0 unspecified atom stereocenters. The summed E-state index contributed by atoms with van der Waals surface area (Å²) in [6, 6.07) is 23.1. The SMILES string of the molecule is N#Cc1ccc2c(c1)sc1ccc(OC(=O)CCCCCCCCC(=O)Oc3ccc(-c4ccc(F)cc4)c(F)c3)cc12. The third-order valence-corrected chi connectivity index (χ3v) is 8.28. The predicted octanol–water partition coefficient (Wildman–Crippen LogP) is 9.50. The molecule has 0 atom stereocenters. The molecule has 0 saturated carbocycles. The smallest absolute Gasteiger partial charge is 0.311 e. The summed E-state index contributed by atoms with van der Waals surface area (Å²) < 4.78 is 40.6. The number of hydrogen-bond donors (Lipinski definition) is 0. The van der Waals surface area contributed by atoms with Crippen LogP contribution in [0, 0.1) is 23.0 Å². The molecule has 4 aromatic carbocycles. The molecule has 0 bridgehead atoms. The zero-order valence-corrected chi connectivity index (χ0v) is 24.2. The summed E-state index contributed by atoms with van der Waals surface area (Å²) in [7, 11) is 0. The van der Waals surface area contributed by atoms with Crippen LogP contribution in [0.1, 0.15) is 56.9 Å². The van der Waals surface area contributed by atoms with Crippen molar-refractivity contribution in [1.82, 2.24) is 0 Å². The molecule has 0 aliphatic rings. The Bertz CT molecular complexity index is 1810. The lowest BCUT2D eigenvalue weighted by molar-refractivity contribution is -0.135. The molecule has 0 aliphatic heterocycles. The van der Waals surface area contributed by atoms with Crippen LogP contribution in [-0.2, 0) is 9.59 Å². The van der Waals surface area contributed by atoms with Crippen LogP contribution in [0.3, 0.4) is 0 Å². The Morgan fingerprint density at radius 3 is 1.95 bits per heavy atom. The van der Waals surface area contributed by atoms with Crippen molar-refractivity contribution in [3.8, 4) is 28.7 Å². The minimum Gasteiger partial charge on any atom is -0.427 e. The summed E-state index contributed by atoms with van der Waals surface area (Å²) in [5.74, 6) is -0.981. The van der Waals surface area contributed by atoms with Gasteiger partial charge in [-0.2, -0.15) is 5.26 Å². The van der Waals surface area contributed by atoms with Crippen molar-refractivity contribution in [2.45, 2.75) is 51.4 Å². The molecular formula is C35H29F2NO4S. The van der Waals surface area contributed by atoms with Crippen molar-refractivity contribution in [2.24, 2.45) is 0 Å². The van der Waals surface area contributed by atoms with Crippen molar-refractivity contribution >= 4 is 43.4 Å². The highest BCUT2D eigenvalue weighted by atomic mass is 32.1. The number of fused-ring (bicyclic) bond motifs is 3. The van der Waals surface area contributed by atoms with Crippen molar-refractivity contribution in [2.75, 3.05) is 0 Å². The number of carbonyl (C=O) groups excluding carboxylic acids is 2. The standard InChI is InChI=1S/C35H29F2NO4S/c36-25-12-10-24(11-13-25)28-17-14-27(21-31(28)37)42-35(40)8-6-4-2-1-3-5-7-34(39)41-26-15-18-32-30(20-26)29-16-9-23(22-38)19-33(29)43-32/h9-21H,1-8H2. The van der Waals surface area contributed by atoms with E-state index >= 15 is 0 Å². The van der Waals surface area contributed by atoms with Crippen LogP contribution in [0.4, 0.5) is 8.78 Å². The van der Waals surface area contributed by atoms with Crippen LogP contribution >= 0.6 is 11.3 Å². The molecule has 0 radical (unpaired) electrons. The van der Waals surface area contributed by atoms with Crippen LogP contribution in [0.2, 0.25) is 0 Å². The first-order valence-electron chi connectivity index (χ1n) is 14.2. The molecule has 1 aromatic heterocycles. The number of nitriles is 1. The zero-order valence-electron chi connectivity index (χ0n) is 23.4. The van der Waals surface area contributed by atoms with Crippen LogP contribution in [0.25, 0.3) is 31.3 Å². The molecule has 5 rings (SSSR count). The zero-order chi connectivity index (χ0) is 30.2. The van der Waals surface area contributed by atoms with E-state index in [0.29, 0.717) is 35.3 Å². The van der Waals surface area contributed by atoms with E-state index in [1.165, 1.54) is 36.4 Å². The van der Waals surface area contributed by atoms with Gasteiger partial charge in [0.25, 0.3) is 0 Å². The number of esters is 2. The fourth-order valence-corrected chi connectivity index (χ4v) is 6.05. The Balaban J connectivity index is 0.965. The summed E-state index contributed by atoms with van der Waals surface area (Å²) in [4.78, 5) is 24.5. The third-order valence-electron chi connectivity index (χ3n) is 7.14. The van der Waals surface area contributed by atoms with Crippen molar-refractivity contribution in [3.63, 3.8) is 0 Å². The molecule has 0 aliphatic carbocycles. The molecule has 218 valence electrons. The molecule has 43 heavy (non-hydrogen) atoms. The van der Waals surface area contributed by atoms with E-state index in [9.17, 15) is 18.4 Å². The van der Waals surface area contributed by atoms with E-state index in [0.717, 1.165) is 58.3 Å². The number of thiophene rings is 1. The number of nitrogens with zero attached hydrogens (tertiary/aromatic N) is 1. The van der Waals surface area contributed by atoms with Gasteiger partial charge in [0.1, 0.15) is 23.1 Å². The van der Waals surface area contributed by atoms with Gasteiger partial charge in [0.15, 0.2) is 0 Å². The molecule has 0 spiro atoms. The molecule has 0 fully saturated rings. The van der Waals surface area contributed by atoms with Gasteiger partial charge in [-0.3, -0.25) is 9.59 Å². The Kier molecular flexibility index (Phi) is 9.75. The van der Waals surface area contributed by atoms with E-state index < -0.39 is 17.6 Å². The molecule has 5 aromatic rings. The maximum Gasteiger partial charge on any atom is 0.311 e.